The summed E-state index contributed by atoms with van der Waals surface area (Å²) in [5.41, 5.74) is 0.591. The molecule has 0 fully saturated rings. The molecule has 0 saturated heterocycles. The number of H-pyrrole nitrogens is 1. The van der Waals surface area contributed by atoms with Crippen LogP contribution in [0.5, 0.6) is 5.75 Å². The standard InChI is InChI=1S/C11H8ClN3O3S/c12-6-1-2-8-7(3-6)15(10(16)5-17-8)4-9-13-14-11(19)18-9/h1-3H,4-5H2,(H,14,19). The summed E-state index contributed by atoms with van der Waals surface area (Å²) in [6.07, 6.45) is 0. The fraction of sp³-hybridized carbons (Fsp3) is 0.182. The van der Waals surface area contributed by atoms with Gasteiger partial charge >= 0.3 is 0 Å². The highest BCUT2D eigenvalue weighted by molar-refractivity contribution is 7.71. The van der Waals surface area contributed by atoms with E-state index in [-0.39, 0.29) is 23.9 Å². The molecule has 3 rings (SSSR count). The van der Waals surface area contributed by atoms with E-state index >= 15 is 0 Å². The van der Waals surface area contributed by atoms with Crippen molar-refractivity contribution >= 4 is 35.4 Å². The second-order valence-electron chi connectivity index (χ2n) is 3.89. The van der Waals surface area contributed by atoms with Crippen molar-refractivity contribution in [1.29, 1.82) is 0 Å². The van der Waals surface area contributed by atoms with E-state index in [1.165, 1.54) is 4.90 Å². The molecule has 1 aromatic carbocycles. The third-order valence-corrected chi connectivity index (χ3v) is 3.05. The second-order valence-corrected chi connectivity index (χ2v) is 4.69. The number of rotatable bonds is 2. The van der Waals surface area contributed by atoms with Crippen LogP contribution in [0.15, 0.2) is 22.6 Å². The van der Waals surface area contributed by atoms with Gasteiger partial charge in [-0.25, -0.2) is 5.10 Å². The van der Waals surface area contributed by atoms with Crippen LogP contribution in [0.4, 0.5) is 5.69 Å². The predicted octanol–water partition coefficient (Wildman–Crippen LogP) is 2.31. The fourth-order valence-electron chi connectivity index (χ4n) is 1.81. The van der Waals surface area contributed by atoms with E-state index < -0.39 is 0 Å². The van der Waals surface area contributed by atoms with Crippen LogP contribution in [0.2, 0.25) is 5.02 Å². The van der Waals surface area contributed by atoms with E-state index in [2.05, 4.69) is 10.2 Å². The molecule has 0 unspecified atom stereocenters. The molecule has 2 heterocycles. The quantitative estimate of drug-likeness (QED) is 0.861. The van der Waals surface area contributed by atoms with E-state index in [4.69, 9.17) is 33.0 Å². The molecule has 1 aromatic heterocycles. The lowest BCUT2D eigenvalue weighted by molar-refractivity contribution is -0.121. The van der Waals surface area contributed by atoms with Crippen molar-refractivity contribution < 1.29 is 13.9 Å². The van der Waals surface area contributed by atoms with Crippen molar-refractivity contribution in [3.63, 3.8) is 0 Å². The van der Waals surface area contributed by atoms with Crippen LogP contribution in [-0.2, 0) is 11.3 Å². The Morgan fingerprint density at radius 1 is 1.53 bits per heavy atom. The number of halogens is 1. The highest BCUT2D eigenvalue weighted by Crippen LogP contribution is 2.35. The van der Waals surface area contributed by atoms with Crippen LogP contribution in [0.3, 0.4) is 0 Å². The van der Waals surface area contributed by atoms with Crippen LogP contribution >= 0.6 is 23.8 Å². The third-order valence-electron chi connectivity index (χ3n) is 2.64. The fourth-order valence-corrected chi connectivity index (χ4v) is 2.12. The highest BCUT2D eigenvalue weighted by atomic mass is 35.5. The lowest BCUT2D eigenvalue weighted by Crippen LogP contribution is -2.38. The van der Waals surface area contributed by atoms with E-state index in [0.29, 0.717) is 22.4 Å². The Kier molecular flexibility index (Phi) is 3.00. The average Bonchev–Trinajstić information content (AvgIpc) is 2.79. The zero-order valence-corrected chi connectivity index (χ0v) is 11.1. The summed E-state index contributed by atoms with van der Waals surface area (Å²) in [6, 6.07) is 5.08. The number of hydrogen-bond acceptors (Lipinski definition) is 5. The van der Waals surface area contributed by atoms with Crippen LogP contribution in [0.25, 0.3) is 0 Å². The molecule has 0 bridgehead atoms. The molecular formula is C11H8ClN3O3S. The molecule has 8 heteroatoms. The number of nitrogens with zero attached hydrogens (tertiary/aromatic N) is 2. The van der Waals surface area contributed by atoms with Gasteiger partial charge in [0.2, 0.25) is 5.89 Å². The molecule has 0 atom stereocenters. The maximum absolute atomic E-state index is 11.9. The number of ether oxygens (including phenoxy) is 1. The minimum absolute atomic E-state index is 0.0280. The summed E-state index contributed by atoms with van der Waals surface area (Å²) in [6.45, 7) is 0.141. The van der Waals surface area contributed by atoms with Crippen LogP contribution < -0.4 is 9.64 Å². The van der Waals surface area contributed by atoms with Crippen molar-refractivity contribution in [2.75, 3.05) is 11.5 Å². The third kappa shape index (κ3) is 2.34. The number of aromatic nitrogens is 2. The number of benzene rings is 1. The number of fused-ring (bicyclic) bond motifs is 1. The number of carbonyl (C=O) groups excluding carboxylic acids is 1. The van der Waals surface area contributed by atoms with Gasteiger partial charge in [0.1, 0.15) is 12.3 Å². The molecular weight excluding hydrogens is 290 g/mol. The molecule has 0 radical (unpaired) electrons. The SMILES string of the molecule is O=C1COc2ccc(Cl)cc2N1Cc1n[nH]c(=S)o1. The monoisotopic (exact) mass is 297 g/mol. The molecule has 0 spiro atoms. The smallest absolute Gasteiger partial charge is 0.284 e. The highest BCUT2D eigenvalue weighted by Gasteiger charge is 2.27. The maximum Gasteiger partial charge on any atom is 0.284 e. The number of nitrogens with one attached hydrogen (secondary N) is 1. The lowest BCUT2D eigenvalue weighted by atomic mass is 10.2. The minimum atomic E-state index is -0.195. The first kappa shape index (κ1) is 12.2. The number of anilines is 1. The average molecular weight is 298 g/mol. The number of amides is 1. The Labute approximate surface area is 117 Å². The Morgan fingerprint density at radius 3 is 3.11 bits per heavy atom. The summed E-state index contributed by atoms with van der Waals surface area (Å²) < 4.78 is 10.5. The summed E-state index contributed by atoms with van der Waals surface area (Å²) in [7, 11) is 0. The van der Waals surface area contributed by atoms with Gasteiger partial charge in [-0.2, -0.15) is 0 Å². The van der Waals surface area contributed by atoms with Crippen molar-refractivity contribution in [3.05, 3.63) is 33.9 Å². The van der Waals surface area contributed by atoms with E-state index in [1.807, 2.05) is 0 Å². The van der Waals surface area contributed by atoms with Gasteiger partial charge < -0.3 is 9.15 Å². The lowest BCUT2D eigenvalue weighted by Gasteiger charge is -2.28. The second kappa shape index (κ2) is 4.67. The molecule has 19 heavy (non-hydrogen) atoms. The molecule has 1 amide bonds. The van der Waals surface area contributed by atoms with E-state index in [1.54, 1.807) is 18.2 Å². The zero-order valence-electron chi connectivity index (χ0n) is 9.55. The summed E-state index contributed by atoms with van der Waals surface area (Å²) in [4.78, 5) is 13.6. The first-order valence-electron chi connectivity index (χ1n) is 5.40. The molecule has 2 aromatic rings. The topological polar surface area (TPSA) is 71.4 Å². The number of carbonyl (C=O) groups is 1. The van der Waals surface area contributed by atoms with Gasteiger partial charge in [0, 0.05) is 5.02 Å². The van der Waals surface area contributed by atoms with Crippen molar-refractivity contribution in [2.24, 2.45) is 0 Å². The van der Waals surface area contributed by atoms with E-state index in [9.17, 15) is 4.79 Å². The maximum atomic E-state index is 11.9. The first-order valence-corrected chi connectivity index (χ1v) is 6.19. The number of hydrogen-bond donors (Lipinski definition) is 1. The molecule has 0 saturated carbocycles. The normalized spacial score (nSPS) is 14.2. The Morgan fingerprint density at radius 2 is 2.37 bits per heavy atom. The van der Waals surface area contributed by atoms with Gasteiger partial charge in [0.25, 0.3) is 10.7 Å². The molecule has 1 N–H and O–H groups in total. The van der Waals surface area contributed by atoms with Gasteiger partial charge in [-0.1, -0.05) is 11.6 Å². The van der Waals surface area contributed by atoms with E-state index in [0.717, 1.165) is 0 Å². The van der Waals surface area contributed by atoms with Crippen LogP contribution in [0, 0.1) is 4.84 Å². The van der Waals surface area contributed by atoms with Gasteiger partial charge in [-0.15, -0.1) is 5.10 Å². The Balaban J connectivity index is 1.98. The Bertz CT molecular complexity index is 696. The van der Waals surface area contributed by atoms with Crippen LogP contribution in [0.1, 0.15) is 5.89 Å². The van der Waals surface area contributed by atoms with Crippen molar-refractivity contribution in [1.82, 2.24) is 10.2 Å². The predicted molar refractivity (Wildman–Crippen MR) is 69.8 cm³/mol. The van der Waals surface area contributed by atoms with Gasteiger partial charge in [0.05, 0.1) is 5.69 Å². The summed E-state index contributed by atoms with van der Waals surface area (Å²) >= 11 is 10.7. The van der Waals surface area contributed by atoms with Gasteiger partial charge in [-0.3, -0.25) is 9.69 Å². The Hall–Kier alpha value is -1.86. The first-order chi connectivity index (χ1) is 9.13. The summed E-state index contributed by atoms with van der Waals surface area (Å²) in [5.74, 6) is 0.725. The zero-order chi connectivity index (χ0) is 13.4. The van der Waals surface area contributed by atoms with Gasteiger partial charge in [0.15, 0.2) is 6.61 Å². The molecule has 6 nitrogen and oxygen atoms in total. The van der Waals surface area contributed by atoms with Crippen LogP contribution in [-0.4, -0.2) is 22.7 Å². The summed E-state index contributed by atoms with van der Waals surface area (Å²) in [5, 5.41) is 6.91. The molecule has 98 valence electrons. The molecule has 1 aliphatic heterocycles. The van der Waals surface area contributed by atoms with Crippen molar-refractivity contribution in [3.8, 4) is 5.75 Å². The molecule has 0 aliphatic carbocycles. The van der Waals surface area contributed by atoms with Crippen molar-refractivity contribution in [2.45, 2.75) is 6.54 Å². The van der Waals surface area contributed by atoms with Gasteiger partial charge in [-0.05, 0) is 30.4 Å². The molecule has 1 aliphatic rings. The number of aromatic amines is 1. The largest absolute Gasteiger partial charge is 0.482 e. The minimum Gasteiger partial charge on any atom is -0.482 e.